The first kappa shape index (κ1) is 15.9. The van der Waals surface area contributed by atoms with Crippen LogP contribution in [0.3, 0.4) is 0 Å². The predicted molar refractivity (Wildman–Crippen MR) is 86.5 cm³/mol. The average molecular weight is 325 g/mol. The molecule has 0 atom stereocenters. The molecule has 1 aliphatic carbocycles. The third kappa shape index (κ3) is 3.20. The lowest BCUT2D eigenvalue weighted by molar-refractivity contribution is -0.120. The Morgan fingerprint density at radius 1 is 1.12 bits per heavy atom. The molecule has 2 aromatic carbocycles. The minimum Gasteiger partial charge on any atom is -0.353 e. The Balaban J connectivity index is 1.62. The zero-order valence-corrected chi connectivity index (χ0v) is 12.9. The van der Waals surface area contributed by atoms with Crippen molar-refractivity contribution >= 4 is 22.6 Å². The maximum absolute atomic E-state index is 13.8. The summed E-state index contributed by atoms with van der Waals surface area (Å²) in [6, 6.07) is 11.5. The van der Waals surface area contributed by atoms with Crippen molar-refractivity contribution in [1.29, 1.82) is 5.26 Å². The smallest absolute Gasteiger partial charge is 0.252 e. The van der Waals surface area contributed by atoms with Gasteiger partial charge >= 0.3 is 0 Å². The first-order valence-corrected chi connectivity index (χ1v) is 7.68. The number of amides is 2. The van der Waals surface area contributed by atoms with E-state index in [0.717, 1.165) is 12.8 Å². The van der Waals surface area contributed by atoms with Gasteiger partial charge in [-0.3, -0.25) is 9.59 Å². The second kappa shape index (κ2) is 6.28. The van der Waals surface area contributed by atoms with E-state index < -0.39 is 17.1 Å². The molecule has 0 heterocycles. The molecule has 2 amide bonds. The van der Waals surface area contributed by atoms with Gasteiger partial charge in [-0.15, -0.1) is 0 Å². The quantitative estimate of drug-likeness (QED) is 0.883. The van der Waals surface area contributed by atoms with Crippen LogP contribution in [0, 0.1) is 22.6 Å². The van der Waals surface area contributed by atoms with Crippen LogP contribution in [0.2, 0.25) is 0 Å². The van der Waals surface area contributed by atoms with Crippen LogP contribution in [0.5, 0.6) is 0 Å². The Labute approximate surface area is 138 Å². The van der Waals surface area contributed by atoms with Crippen molar-refractivity contribution in [1.82, 2.24) is 10.6 Å². The molecule has 0 unspecified atom stereocenters. The minimum absolute atomic E-state index is 0.188. The van der Waals surface area contributed by atoms with Gasteiger partial charge in [-0.05, 0) is 30.4 Å². The molecule has 3 rings (SSSR count). The molecule has 0 bridgehead atoms. The van der Waals surface area contributed by atoms with Crippen molar-refractivity contribution in [3.8, 4) is 6.07 Å². The Bertz CT molecular complexity index is 853. The standard InChI is InChI=1S/C18H16FN3O2/c19-15-6-5-14(12-3-1-2-4-13(12)15)17(24)21-9-16(23)22-11-18(10-20)7-8-18/h1-6H,7-9,11H2,(H,21,24)(H,22,23). The van der Waals surface area contributed by atoms with Gasteiger partial charge < -0.3 is 10.6 Å². The third-order valence-electron chi connectivity index (χ3n) is 4.24. The summed E-state index contributed by atoms with van der Waals surface area (Å²) in [4.78, 5) is 24.1. The number of nitriles is 1. The summed E-state index contributed by atoms with van der Waals surface area (Å²) in [6.07, 6.45) is 1.58. The molecule has 0 radical (unpaired) electrons. The van der Waals surface area contributed by atoms with Gasteiger partial charge in [0, 0.05) is 17.5 Å². The van der Waals surface area contributed by atoms with Gasteiger partial charge in [-0.1, -0.05) is 24.3 Å². The average Bonchev–Trinajstić information content (AvgIpc) is 3.39. The van der Waals surface area contributed by atoms with Crippen molar-refractivity contribution < 1.29 is 14.0 Å². The molecule has 1 aliphatic rings. The molecule has 1 saturated carbocycles. The Kier molecular flexibility index (Phi) is 4.17. The van der Waals surface area contributed by atoms with E-state index in [2.05, 4.69) is 16.7 Å². The zero-order chi connectivity index (χ0) is 17.2. The topological polar surface area (TPSA) is 82.0 Å². The van der Waals surface area contributed by atoms with Crippen LogP contribution in [0.25, 0.3) is 10.8 Å². The van der Waals surface area contributed by atoms with Crippen LogP contribution in [-0.4, -0.2) is 24.9 Å². The molecule has 5 nitrogen and oxygen atoms in total. The normalized spacial score (nSPS) is 14.7. The van der Waals surface area contributed by atoms with Crippen molar-refractivity contribution in [2.45, 2.75) is 12.8 Å². The second-order valence-electron chi connectivity index (χ2n) is 5.99. The van der Waals surface area contributed by atoms with Crippen LogP contribution in [0.1, 0.15) is 23.2 Å². The summed E-state index contributed by atoms with van der Waals surface area (Å²) >= 11 is 0. The summed E-state index contributed by atoms with van der Waals surface area (Å²) < 4.78 is 13.8. The lowest BCUT2D eigenvalue weighted by atomic mass is 10.0. The highest BCUT2D eigenvalue weighted by atomic mass is 19.1. The van der Waals surface area contributed by atoms with Crippen molar-refractivity contribution in [2.75, 3.05) is 13.1 Å². The highest BCUT2D eigenvalue weighted by Crippen LogP contribution is 2.43. The highest BCUT2D eigenvalue weighted by Gasteiger charge is 2.43. The fourth-order valence-corrected chi connectivity index (χ4v) is 2.53. The van der Waals surface area contributed by atoms with E-state index in [-0.39, 0.29) is 12.5 Å². The largest absolute Gasteiger partial charge is 0.353 e. The van der Waals surface area contributed by atoms with Gasteiger partial charge in [0.25, 0.3) is 5.91 Å². The van der Waals surface area contributed by atoms with Crippen LogP contribution in [0.4, 0.5) is 4.39 Å². The van der Waals surface area contributed by atoms with Crippen molar-refractivity contribution in [3.05, 3.63) is 47.8 Å². The number of carbonyl (C=O) groups is 2. The van der Waals surface area contributed by atoms with Crippen molar-refractivity contribution in [2.24, 2.45) is 5.41 Å². The number of nitrogens with one attached hydrogen (secondary N) is 2. The van der Waals surface area contributed by atoms with Crippen molar-refractivity contribution in [3.63, 3.8) is 0 Å². The van der Waals surface area contributed by atoms with Crippen LogP contribution in [-0.2, 0) is 4.79 Å². The van der Waals surface area contributed by atoms with E-state index in [1.807, 2.05) is 0 Å². The summed E-state index contributed by atoms with van der Waals surface area (Å²) in [5.41, 5.74) is -0.109. The van der Waals surface area contributed by atoms with Gasteiger partial charge in [0.15, 0.2) is 0 Å². The summed E-state index contributed by atoms with van der Waals surface area (Å²) in [5.74, 6) is -1.19. The number of rotatable bonds is 5. The molecule has 0 aromatic heterocycles. The maximum Gasteiger partial charge on any atom is 0.252 e. The molecule has 1 fully saturated rings. The SMILES string of the molecule is N#CC1(CNC(=O)CNC(=O)c2ccc(F)c3ccccc23)CC1. The number of benzene rings is 2. The molecule has 0 aliphatic heterocycles. The van der Waals surface area contributed by atoms with E-state index in [9.17, 15) is 14.0 Å². The third-order valence-corrected chi connectivity index (χ3v) is 4.24. The number of hydrogen-bond acceptors (Lipinski definition) is 3. The van der Waals surface area contributed by atoms with Gasteiger partial charge in [0.1, 0.15) is 5.82 Å². The molecule has 0 spiro atoms. The van der Waals surface area contributed by atoms with Gasteiger partial charge in [-0.25, -0.2) is 4.39 Å². The summed E-state index contributed by atoms with van der Waals surface area (Å²) in [7, 11) is 0. The minimum atomic E-state index is -0.442. The molecular formula is C18H16FN3O2. The van der Waals surface area contributed by atoms with Crippen LogP contribution in [0.15, 0.2) is 36.4 Å². The van der Waals surface area contributed by atoms with E-state index >= 15 is 0 Å². The number of nitrogens with zero attached hydrogens (tertiary/aromatic N) is 1. The number of carbonyl (C=O) groups excluding carboxylic acids is 2. The summed E-state index contributed by atoms with van der Waals surface area (Å²) in [6.45, 7) is 0.115. The number of halogens is 1. The predicted octanol–water partition coefficient (Wildman–Crippen LogP) is 2.13. The zero-order valence-electron chi connectivity index (χ0n) is 12.9. The summed E-state index contributed by atoms with van der Waals surface area (Å²) in [5, 5.41) is 15.0. The Morgan fingerprint density at radius 3 is 2.50 bits per heavy atom. The van der Waals surface area contributed by atoms with E-state index in [1.165, 1.54) is 12.1 Å². The Hall–Kier alpha value is -2.94. The van der Waals surface area contributed by atoms with Crippen LogP contribution < -0.4 is 10.6 Å². The van der Waals surface area contributed by atoms with Gasteiger partial charge in [0.2, 0.25) is 5.91 Å². The maximum atomic E-state index is 13.8. The van der Waals surface area contributed by atoms with E-state index in [4.69, 9.17) is 5.26 Å². The fourth-order valence-electron chi connectivity index (χ4n) is 2.53. The lowest BCUT2D eigenvalue weighted by Gasteiger charge is -2.10. The van der Waals surface area contributed by atoms with Gasteiger partial charge in [-0.2, -0.15) is 5.26 Å². The molecule has 0 saturated heterocycles. The molecule has 24 heavy (non-hydrogen) atoms. The number of fused-ring (bicyclic) bond motifs is 1. The van der Waals surface area contributed by atoms with Crippen LogP contribution >= 0.6 is 0 Å². The Morgan fingerprint density at radius 2 is 1.83 bits per heavy atom. The molecular weight excluding hydrogens is 309 g/mol. The number of hydrogen-bond donors (Lipinski definition) is 2. The molecule has 2 N–H and O–H groups in total. The molecule has 122 valence electrons. The van der Waals surface area contributed by atoms with E-state index in [1.54, 1.807) is 24.3 Å². The monoisotopic (exact) mass is 325 g/mol. The molecule has 2 aromatic rings. The van der Waals surface area contributed by atoms with Gasteiger partial charge in [0.05, 0.1) is 18.0 Å². The highest BCUT2D eigenvalue weighted by molar-refractivity contribution is 6.07. The lowest BCUT2D eigenvalue weighted by Crippen LogP contribution is -2.39. The van der Waals surface area contributed by atoms with E-state index in [0.29, 0.717) is 22.9 Å². The first-order valence-electron chi connectivity index (χ1n) is 7.68. The molecule has 6 heteroatoms. The second-order valence-corrected chi connectivity index (χ2v) is 5.99. The first-order chi connectivity index (χ1) is 11.5. The fraction of sp³-hybridized carbons (Fsp3) is 0.278.